The van der Waals surface area contributed by atoms with Crippen LogP contribution >= 0.6 is 15.9 Å². The van der Waals surface area contributed by atoms with Crippen LogP contribution in [0.4, 0.5) is 4.79 Å². The van der Waals surface area contributed by atoms with E-state index in [1.165, 1.54) is 25.7 Å². The normalized spacial score (nSPS) is 17.2. The average molecular weight is 387 g/mol. The number of alkyl carbamates (subject to hydrolysis) is 1. The van der Waals surface area contributed by atoms with Gasteiger partial charge in [-0.3, -0.25) is 0 Å². The molecule has 23 heavy (non-hydrogen) atoms. The average Bonchev–Trinajstić information content (AvgIpc) is 3.08. The van der Waals surface area contributed by atoms with Crippen molar-refractivity contribution < 1.29 is 13.9 Å². The zero-order valence-electron chi connectivity index (χ0n) is 14.2. The highest BCUT2D eigenvalue weighted by atomic mass is 79.9. The Hall–Kier alpha value is -1.01. The molecule has 6 heteroatoms. The van der Waals surface area contributed by atoms with E-state index in [0.29, 0.717) is 19.0 Å². The molecule has 0 saturated heterocycles. The number of furan rings is 1. The number of carbonyl (C=O) groups excluding carboxylic acids is 1. The maximum atomic E-state index is 11.9. The van der Waals surface area contributed by atoms with E-state index in [9.17, 15) is 4.79 Å². The molecule has 5 nitrogen and oxygen atoms in total. The first-order valence-corrected chi connectivity index (χ1v) is 9.07. The molecular weight excluding hydrogens is 360 g/mol. The Balaban J connectivity index is 1.85. The van der Waals surface area contributed by atoms with Crippen molar-refractivity contribution in [3.63, 3.8) is 0 Å². The standard InChI is InChI=1S/C17H27BrN2O3/c1-17(2,3)23-16(21)20-11-14(12-6-4-5-7-12)19-10-13-8-9-15(18)22-13/h8-9,12,14,19H,4-7,10-11H2,1-3H3,(H,20,21). The van der Waals surface area contributed by atoms with Crippen molar-refractivity contribution in [3.8, 4) is 0 Å². The summed E-state index contributed by atoms with van der Waals surface area (Å²) in [6.07, 6.45) is 4.58. The molecule has 1 atom stereocenters. The molecule has 1 fully saturated rings. The molecule has 2 rings (SSSR count). The molecule has 1 amide bonds. The highest BCUT2D eigenvalue weighted by molar-refractivity contribution is 9.10. The number of ether oxygens (including phenoxy) is 1. The Morgan fingerprint density at radius 2 is 2.09 bits per heavy atom. The smallest absolute Gasteiger partial charge is 0.407 e. The lowest BCUT2D eigenvalue weighted by molar-refractivity contribution is 0.0518. The summed E-state index contributed by atoms with van der Waals surface area (Å²) in [5, 5.41) is 6.42. The number of rotatable bonds is 6. The van der Waals surface area contributed by atoms with Crippen LogP contribution < -0.4 is 10.6 Å². The predicted molar refractivity (Wildman–Crippen MR) is 93.2 cm³/mol. The molecule has 0 aromatic carbocycles. The van der Waals surface area contributed by atoms with E-state index in [1.807, 2.05) is 32.9 Å². The first kappa shape index (κ1) is 18.3. The maximum Gasteiger partial charge on any atom is 0.407 e. The Bertz CT molecular complexity index is 504. The van der Waals surface area contributed by atoms with Gasteiger partial charge in [0.1, 0.15) is 11.4 Å². The monoisotopic (exact) mass is 386 g/mol. The van der Waals surface area contributed by atoms with Crippen LogP contribution in [0.25, 0.3) is 0 Å². The van der Waals surface area contributed by atoms with Gasteiger partial charge in [-0.05, 0) is 67.6 Å². The van der Waals surface area contributed by atoms with E-state index < -0.39 is 5.60 Å². The summed E-state index contributed by atoms with van der Waals surface area (Å²) >= 11 is 3.32. The predicted octanol–water partition coefficient (Wildman–Crippen LogP) is 4.22. The lowest BCUT2D eigenvalue weighted by Crippen LogP contribution is -2.45. The number of amides is 1. The number of hydrogen-bond donors (Lipinski definition) is 2. The molecule has 1 heterocycles. The molecule has 130 valence electrons. The van der Waals surface area contributed by atoms with E-state index >= 15 is 0 Å². The minimum atomic E-state index is -0.471. The summed E-state index contributed by atoms with van der Waals surface area (Å²) in [5.74, 6) is 1.47. The topological polar surface area (TPSA) is 63.5 Å². The molecule has 0 radical (unpaired) electrons. The van der Waals surface area contributed by atoms with Crippen molar-refractivity contribution in [2.24, 2.45) is 5.92 Å². The third-order valence-corrected chi connectivity index (χ3v) is 4.43. The quantitative estimate of drug-likeness (QED) is 0.768. The molecule has 1 aliphatic carbocycles. The second-order valence-electron chi connectivity index (χ2n) is 7.12. The van der Waals surface area contributed by atoms with Crippen LogP contribution in [0.5, 0.6) is 0 Å². The zero-order chi connectivity index (χ0) is 16.9. The molecule has 0 aliphatic heterocycles. The third kappa shape index (κ3) is 6.55. The largest absolute Gasteiger partial charge is 0.453 e. The van der Waals surface area contributed by atoms with Crippen LogP contribution in [0.2, 0.25) is 0 Å². The maximum absolute atomic E-state index is 11.9. The second kappa shape index (κ2) is 8.20. The summed E-state index contributed by atoms with van der Waals surface area (Å²) < 4.78 is 11.6. The van der Waals surface area contributed by atoms with E-state index in [-0.39, 0.29) is 12.1 Å². The van der Waals surface area contributed by atoms with Crippen molar-refractivity contribution in [1.82, 2.24) is 10.6 Å². The lowest BCUT2D eigenvalue weighted by atomic mass is 9.98. The van der Waals surface area contributed by atoms with E-state index in [4.69, 9.17) is 9.15 Å². The Labute approximate surface area is 146 Å². The van der Waals surface area contributed by atoms with Crippen molar-refractivity contribution >= 4 is 22.0 Å². The Morgan fingerprint density at radius 3 is 2.65 bits per heavy atom. The van der Waals surface area contributed by atoms with Gasteiger partial charge in [0, 0.05) is 12.6 Å². The lowest BCUT2D eigenvalue weighted by Gasteiger charge is -2.26. The fraction of sp³-hybridized carbons (Fsp3) is 0.706. The fourth-order valence-electron chi connectivity index (χ4n) is 2.95. The Kier molecular flexibility index (Phi) is 6.53. The van der Waals surface area contributed by atoms with Gasteiger partial charge in [0.05, 0.1) is 6.54 Å². The zero-order valence-corrected chi connectivity index (χ0v) is 15.7. The van der Waals surface area contributed by atoms with Crippen molar-refractivity contribution in [2.75, 3.05) is 6.54 Å². The van der Waals surface area contributed by atoms with Crippen LogP contribution in [0, 0.1) is 5.92 Å². The SMILES string of the molecule is CC(C)(C)OC(=O)NCC(NCc1ccc(Br)o1)C1CCCC1. The van der Waals surface area contributed by atoms with Gasteiger partial charge in [-0.1, -0.05) is 12.8 Å². The molecule has 1 aliphatic rings. The van der Waals surface area contributed by atoms with E-state index in [2.05, 4.69) is 26.6 Å². The summed E-state index contributed by atoms with van der Waals surface area (Å²) in [6, 6.07) is 4.07. The first-order valence-electron chi connectivity index (χ1n) is 8.28. The van der Waals surface area contributed by atoms with E-state index in [0.717, 1.165) is 10.4 Å². The first-order chi connectivity index (χ1) is 10.8. The van der Waals surface area contributed by atoms with Gasteiger partial charge >= 0.3 is 6.09 Å². The second-order valence-corrected chi connectivity index (χ2v) is 7.90. The molecule has 1 unspecified atom stereocenters. The van der Waals surface area contributed by atoms with Gasteiger partial charge < -0.3 is 19.8 Å². The van der Waals surface area contributed by atoms with E-state index in [1.54, 1.807) is 0 Å². The highest BCUT2D eigenvalue weighted by Crippen LogP contribution is 2.28. The van der Waals surface area contributed by atoms with Crippen molar-refractivity contribution in [3.05, 3.63) is 22.6 Å². The van der Waals surface area contributed by atoms with Crippen molar-refractivity contribution in [2.45, 2.75) is 64.6 Å². The molecule has 2 N–H and O–H groups in total. The van der Waals surface area contributed by atoms with Gasteiger partial charge in [0.25, 0.3) is 0 Å². The van der Waals surface area contributed by atoms with Gasteiger partial charge in [0.2, 0.25) is 0 Å². The minimum absolute atomic E-state index is 0.230. The highest BCUT2D eigenvalue weighted by Gasteiger charge is 2.26. The van der Waals surface area contributed by atoms with Gasteiger partial charge in [-0.15, -0.1) is 0 Å². The number of hydrogen-bond acceptors (Lipinski definition) is 4. The van der Waals surface area contributed by atoms with Crippen LogP contribution in [0.3, 0.4) is 0 Å². The summed E-state index contributed by atoms with van der Waals surface area (Å²) in [5.41, 5.74) is -0.471. The number of carbonyl (C=O) groups is 1. The summed E-state index contributed by atoms with van der Waals surface area (Å²) in [7, 11) is 0. The number of nitrogens with one attached hydrogen (secondary N) is 2. The Morgan fingerprint density at radius 1 is 1.39 bits per heavy atom. The minimum Gasteiger partial charge on any atom is -0.453 e. The molecular formula is C17H27BrN2O3. The van der Waals surface area contributed by atoms with Crippen LogP contribution in [-0.2, 0) is 11.3 Å². The molecule has 1 aromatic heterocycles. The molecule has 0 spiro atoms. The van der Waals surface area contributed by atoms with Gasteiger partial charge in [0.15, 0.2) is 4.67 Å². The van der Waals surface area contributed by atoms with Crippen LogP contribution in [0.1, 0.15) is 52.2 Å². The molecule has 1 saturated carbocycles. The van der Waals surface area contributed by atoms with Crippen molar-refractivity contribution in [1.29, 1.82) is 0 Å². The van der Waals surface area contributed by atoms with Gasteiger partial charge in [-0.2, -0.15) is 0 Å². The third-order valence-electron chi connectivity index (χ3n) is 4.00. The summed E-state index contributed by atoms with van der Waals surface area (Å²) in [4.78, 5) is 11.9. The van der Waals surface area contributed by atoms with Crippen LogP contribution in [0.15, 0.2) is 21.2 Å². The fourth-order valence-corrected chi connectivity index (χ4v) is 3.29. The number of halogens is 1. The summed E-state index contributed by atoms with van der Waals surface area (Å²) in [6.45, 7) is 6.83. The van der Waals surface area contributed by atoms with Crippen LogP contribution in [-0.4, -0.2) is 24.3 Å². The van der Waals surface area contributed by atoms with Gasteiger partial charge in [-0.25, -0.2) is 4.79 Å². The molecule has 1 aromatic rings. The molecule has 0 bridgehead atoms.